The zero-order valence-electron chi connectivity index (χ0n) is 14.7. The molecule has 0 aliphatic heterocycles. The molecule has 0 spiro atoms. The second kappa shape index (κ2) is 7.83. The number of amides is 1. The number of Topliss-reactive ketones (excluding diaryl/α,β-unsaturated/α-hetero) is 1. The Bertz CT molecular complexity index is 718. The lowest BCUT2D eigenvalue weighted by Gasteiger charge is -2.21. The van der Waals surface area contributed by atoms with E-state index in [9.17, 15) is 14.7 Å². The topological polar surface area (TPSA) is 75.6 Å². The van der Waals surface area contributed by atoms with E-state index in [1.807, 2.05) is 30.3 Å². The van der Waals surface area contributed by atoms with Gasteiger partial charge in [0.1, 0.15) is 11.4 Å². The molecule has 5 heteroatoms. The molecule has 0 fully saturated rings. The van der Waals surface area contributed by atoms with Gasteiger partial charge in [-0.3, -0.25) is 4.79 Å². The van der Waals surface area contributed by atoms with E-state index in [0.717, 1.165) is 11.1 Å². The van der Waals surface area contributed by atoms with Crippen molar-refractivity contribution in [1.82, 2.24) is 5.32 Å². The van der Waals surface area contributed by atoms with Crippen LogP contribution in [0.1, 0.15) is 37.8 Å². The molecule has 132 valence electrons. The van der Waals surface area contributed by atoms with Crippen molar-refractivity contribution in [3.63, 3.8) is 0 Å². The molecule has 0 aromatic heterocycles. The zero-order valence-corrected chi connectivity index (χ0v) is 14.7. The van der Waals surface area contributed by atoms with Gasteiger partial charge in [-0.05, 0) is 44.0 Å². The van der Waals surface area contributed by atoms with Gasteiger partial charge in [0.25, 0.3) is 0 Å². The Hall–Kier alpha value is -2.82. The summed E-state index contributed by atoms with van der Waals surface area (Å²) in [5.74, 6) is -0.561. The molecule has 5 nitrogen and oxygen atoms in total. The summed E-state index contributed by atoms with van der Waals surface area (Å²) in [6, 6.07) is 15.8. The third kappa shape index (κ3) is 5.64. The predicted molar refractivity (Wildman–Crippen MR) is 95.6 cm³/mol. The van der Waals surface area contributed by atoms with Gasteiger partial charge in [-0.25, -0.2) is 4.79 Å². The van der Waals surface area contributed by atoms with Crippen LogP contribution in [0.5, 0.6) is 5.75 Å². The van der Waals surface area contributed by atoms with Gasteiger partial charge in [-0.1, -0.05) is 42.5 Å². The third-order valence-corrected chi connectivity index (χ3v) is 3.49. The molecule has 0 aliphatic carbocycles. The van der Waals surface area contributed by atoms with Crippen molar-refractivity contribution < 1.29 is 19.4 Å². The highest BCUT2D eigenvalue weighted by atomic mass is 16.6. The lowest BCUT2D eigenvalue weighted by Crippen LogP contribution is -2.37. The summed E-state index contributed by atoms with van der Waals surface area (Å²) >= 11 is 0. The minimum Gasteiger partial charge on any atom is -0.508 e. The molecule has 0 radical (unpaired) electrons. The van der Waals surface area contributed by atoms with Crippen molar-refractivity contribution in [3.05, 3.63) is 65.7 Å². The largest absolute Gasteiger partial charge is 0.508 e. The smallest absolute Gasteiger partial charge is 0.408 e. The maximum Gasteiger partial charge on any atom is 0.408 e. The molecule has 2 rings (SSSR count). The summed E-state index contributed by atoms with van der Waals surface area (Å²) in [6.45, 7) is 5.14. The number of alkyl carbamates (subject to hydrolysis) is 1. The number of hydrogen-bond donors (Lipinski definition) is 2. The molecular formula is C20H23NO4. The van der Waals surface area contributed by atoms with E-state index in [-0.39, 0.29) is 18.1 Å². The van der Waals surface area contributed by atoms with Crippen LogP contribution in [0.3, 0.4) is 0 Å². The fourth-order valence-electron chi connectivity index (χ4n) is 2.45. The lowest BCUT2D eigenvalue weighted by atomic mass is 9.87. The normalized spacial score (nSPS) is 12.3. The van der Waals surface area contributed by atoms with Gasteiger partial charge in [0.15, 0.2) is 5.78 Å². The number of nitrogens with one attached hydrogen (secondary N) is 1. The first-order valence-electron chi connectivity index (χ1n) is 8.10. The van der Waals surface area contributed by atoms with Crippen LogP contribution in [-0.2, 0) is 9.53 Å². The maximum atomic E-state index is 12.8. The fourth-order valence-corrected chi connectivity index (χ4v) is 2.45. The highest BCUT2D eigenvalue weighted by Crippen LogP contribution is 2.27. The highest BCUT2D eigenvalue weighted by molar-refractivity contribution is 5.92. The number of phenols is 1. The van der Waals surface area contributed by atoms with Gasteiger partial charge in [0.05, 0.1) is 12.5 Å². The van der Waals surface area contributed by atoms with Gasteiger partial charge >= 0.3 is 6.09 Å². The van der Waals surface area contributed by atoms with Crippen LogP contribution < -0.4 is 5.32 Å². The summed E-state index contributed by atoms with van der Waals surface area (Å²) in [7, 11) is 0. The SMILES string of the molecule is CC(C)(C)OC(=O)NCC(=O)[C@@H](c1ccccc1)c1ccc(O)cc1. The Morgan fingerprint density at radius 1 is 1.00 bits per heavy atom. The number of carbonyl (C=O) groups excluding carboxylic acids is 2. The molecule has 0 saturated carbocycles. The number of aromatic hydroxyl groups is 1. The van der Waals surface area contributed by atoms with E-state index in [1.165, 1.54) is 0 Å². The van der Waals surface area contributed by atoms with E-state index in [0.29, 0.717) is 0 Å². The summed E-state index contributed by atoms with van der Waals surface area (Å²) in [5, 5.41) is 12.0. The van der Waals surface area contributed by atoms with E-state index in [1.54, 1.807) is 45.0 Å². The molecule has 0 aliphatic rings. The summed E-state index contributed by atoms with van der Waals surface area (Å²) < 4.78 is 5.16. The molecule has 25 heavy (non-hydrogen) atoms. The van der Waals surface area contributed by atoms with Crippen molar-refractivity contribution in [2.75, 3.05) is 6.54 Å². The van der Waals surface area contributed by atoms with Gasteiger partial charge < -0.3 is 15.2 Å². The molecule has 2 aromatic rings. The lowest BCUT2D eigenvalue weighted by molar-refractivity contribution is -0.118. The van der Waals surface area contributed by atoms with Crippen molar-refractivity contribution in [2.45, 2.75) is 32.3 Å². The maximum absolute atomic E-state index is 12.8. The van der Waals surface area contributed by atoms with Crippen LogP contribution in [0.2, 0.25) is 0 Å². The van der Waals surface area contributed by atoms with Crippen LogP contribution in [0.4, 0.5) is 4.79 Å². The minimum atomic E-state index is -0.627. The predicted octanol–water partition coefficient (Wildman–Crippen LogP) is 3.62. The second-order valence-electron chi connectivity index (χ2n) is 6.76. The van der Waals surface area contributed by atoms with Gasteiger partial charge in [-0.2, -0.15) is 0 Å². The summed E-state index contributed by atoms with van der Waals surface area (Å²) in [5.41, 5.74) is 0.951. The molecule has 1 atom stereocenters. The monoisotopic (exact) mass is 341 g/mol. The first-order valence-corrected chi connectivity index (χ1v) is 8.10. The molecule has 2 aromatic carbocycles. The first kappa shape index (κ1) is 18.5. The number of benzene rings is 2. The Morgan fingerprint density at radius 2 is 1.56 bits per heavy atom. The van der Waals surface area contributed by atoms with Crippen LogP contribution in [-0.4, -0.2) is 29.1 Å². The minimum absolute atomic E-state index is 0.134. The van der Waals surface area contributed by atoms with Crippen LogP contribution in [0.15, 0.2) is 54.6 Å². The molecule has 0 saturated heterocycles. The fraction of sp³-hybridized carbons (Fsp3) is 0.300. The van der Waals surface area contributed by atoms with Crippen molar-refractivity contribution >= 4 is 11.9 Å². The summed E-state index contributed by atoms with van der Waals surface area (Å²) in [4.78, 5) is 24.6. The van der Waals surface area contributed by atoms with Crippen molar-refractivity contribution in [2.24, 2.45) is 0 Å². The van der Waals surface area contributed by atoms with Gasteiger partial charge in [-0.15, -0.1) is 0 Å². The molecule has 1 amide bonds. The average Bonchev–Trinajstić information content (AvgIpc) is 2.54. The third-order valence-electron chi connectivity index (χ3n) is 3.49. The Labute approximate surface area is 147 Å². The van der Waals surface area contributed by atoms with E-state index < -0.39 is 17.6 Å². The number of carbonyl (C=O) groups is 2. The second-order valence-corrected chi connectivity index (χ2v) is 6.76. The quantitative estimate of drug-likeness (QED) is 0.871. The van der Waals surface area contributed by atoms with Crippen LogP contribution >= 0.6 is 0 Å². The van der Waals surface area contributed by atoms with E-state index in [2.05, 4.69) is 5.32 Å². The van der Waals surface area contributed by atoms with E-state index >= 15 is 0 Å². The number of phenolic OH excluding ortho intramolecular Hbond substituents is 1. The van der Waals surface area contributed by atoms with Gasteiger partial charge in [0, 0.05) is 0 Å². The number of ether oxygens (including phenoxy) is 1. The Balaban J connectivity index is 2.17. The average molecular weight is 341 g/mol. The molecule has 0 heterocycles. The van der Waals surface area contributed by atoms with Crippen molar-refractivity contribution in [1.29, 1.82) is 0 Å². The van der Waals surface area contributed by atoms with Gasteiger partial charge in [0.2, 0.25) is 0 Å². The summed E-state index contributed by atoms with van der Waals surface area (Å²) in [6.07, 6.45) is -0.627. The molecular weight excluding hydrogens is 318 g/mol. The van der Waals surface area contributed by atoms with E-state index in [4.69, 9.17) is 4.74 Å². The Kier molecular flexibility index (Phi) is 5.80. The standard InChI is InChI=1S/C20H23NO4/c1-20(2,3)25-19(24)21-13-17(23)18(14-7-5-4-6-8-14)15-9-11-16(22)12-10-15/h4-12,18,22H,13H2,1-3H3,(H,21,24)/t18-/m0/s1. The highest BCUT2D eigenvalue weighted by Gasteiger charge is 2.24. The van der Waals surface area contributed by atoms with Crippen molar-refractivity contribution in [3.8, 4) is 5.75 Å². The number of hydrogen-bond acceptors (Lipinski definition) is 4. The number of rotatable bonds is 5. The van der Waals surface area contributed by atoms with Crippen LogP contribution in [0, 0.1) is 0 Å². The van der Waals surface area contributed by atoms with Crippen LogP contribution in [0.25, 0.3) is 0 Å². The Morgan fingerprint density at radius 3 is 2.12 bits per heavy atom. The molecule has 0 unspecified atom stereocenters. The molecule has 0 bridgehead atoms. The number of ketones is 1. The zero-order chi connectivity index (χ0) is 18.4. The first-order chi connectivity index (χ1) is 11.8. The molecule has 2 N–H and O–H groups in total.